The summed E-state index contributed by atoms with van der Waals surface area (Å²) in [6, 6.07) is 14.2. The van der Waals surface area contributed by atoms with Crippen LogP contribution < -0.4 is 0 Å². The van der Waals surface area contributed by atoms with E-state index in [-0.39, 0.29) is 11.6 Å². The second-order valence-electron chi connectivity index (χ2n) is 5.02. The van der Waals surface area contributed by atoms with Gasteiger partial charge >= 0.3 is 5.97 Å². The number of hydrogen-bond donors (Lipinski definition) is 0. The number of rotatable bonds is 3. The molecule has 1 aliphatic rings. The predicted octanol–water partition coefficient (Wildman–Crippen LogP) is 4.54. The number of furan rings is 2. The van der Waals surface area contributed by atoms with Crippen molar-refractivity contribution in [2.24, 2.45) is 4.99 Å². The van der Waals surface area contributed by atoms with Crippen molar-refractivity contribution in [1.82, 2.24) is 0 Å². The Hall–Kier alpha value is -3.05. The van der Waals surface area contributed by atoms with E-state index in [9.17, 15) is 4.79 Å². The van der Waals surface area contributed by atoms with Crippen molar-refractivity contribution in [2.45, 2.75) is 0 Å². The number of halogens is 1. The maximum absolute atomic E-state index is 11.9. The third-order valence-corrected chi connectivity index (χ3v) is 3.64. The lowest BCUT2D eigenvalue weighted by atomic mass is 10.2. The first-order valence-electron chi connectivity index (χ1n) is 7.11. The molecule has 5 nitrogen and oxygen atoms in total. The van der Waals surface area contributed by atoms with E-state index in [1.165, 1.54) is 12.3 Å². The Balaban J connectivity index is 1.62. The fraction of sp³-hybridized carbons (Fsp3) is 0. The Morgan fingerprint density at radius 3 is 2.58 bits per heavy atom. The highest BCUT2D eigenvalue weighted by Gasteiger charge is 2.26. The number of hydrogen-bond acceptors (Lipinski definition) is 5. The third kappa shape index (κ3) is 2.77. The zero-order valence-electron chi connectivity index (χ0n) is 12.2. The monoisotopic (exact) mass is 339 g/mol. The first-order valence-corrected chi connectivity index (χ1v) is 7.49. The van der Waals surface area contributed by atoms with Crippen molar-refractivity contribution in [2.75, 3.05) is 0 Å². The second kappa shape index (κ2) is 5.86. The summed E-state index contributed by atoms with van der Waals surface area (Å²) < 4.78 is 16.0. The van der Waals surface area contributed by atoms with E-state index in [1.807, 2.05) is 18.2 Å². The molecule has 0 saturated heterocycles. The number of cyclic esters (lactones) is 1. The first-order chi connectivity index (χ1) is 11.7. The van der Waals surface area contributed by atoms with E-state index in [1.54, 1.807) is 30.3 Å². The van der Waals surface area contributed by atoms with Crippen LogP contribution in [0.1, 0.15) is 11.5 Å². The zero-order chi connectivity index (χ0) is 16.5. The standard InChI is InChI=1S/C18H10ClNO4/c19-12-5-3-11(4-6-12)15-8-7-13(23-15)10-14-18(21)24-17(20-14)16-2-1-9-22-16/h1-10H/b14-10-. The van der Waals surface area contributed by atoms with Crippen molar-refractivity contribution in [3.63, 3.8) is 0 Å². The van der Waals surface area contributed by atoms with Crippen molar-refractivity contribution in [1.29, 1.82) is 0 Å². The number of benzene rings is 1. The minimum Gasteiger partial charge on any atom is -0.459 e. The van der Waals surface area contributed by atoms with Crippen LogP contribution in [0.4, 0.5) is 0 Å². The van der Waals surface area contributed by atoms with E-state index in [4.69, 9.17) is 25.2 Å². The SMILES string of the molecule is O=C1OC(c2ccco2)=N/C1=C\c1ccc(-c2ccc(Cl)cc2)o1. The molecule has 1 aliphatic heterocycles. The van der Waals surface area contributed by atoms with Crippen LogP contribution in [0.3, 0.4) is 0 Å². The van der Waals surface area contributed by atoms with Crippen LogP contribution in [0, 0.1) is 0 Å². The van der Waals surface area contributed by atoms with Gasteiger partial charge < -0.3 is 13.6 Å². The molecular formula is C18H10ClNO4. The highest BCUT2D eigenvalue weighted by molar-refractivity contribution is 6.30. The van der Waals surface area contributed by atoms with Gasteiger partial charge in [-0.3, -0.25) is 0 Å². The van der Waals surface area contributed by atoms with Gasteiger partial charge in [-0.1, -0.05) is 11.6 Å². The Bertz CT molecular complexity index is 949. The maximum atomic E-state index is 11.9. The van der Waals surface area contributed by atoms with Crippen LogP contribution in [0.15, 0.2) is 74.3 Å². The molecular weight excluding hydrogens is 330 g/mol. The summed E-state index contributed by atoms with van der Waals surface area (Å²) in [5.74, 6) is 1.15. The molecule has 0 amide bonds. The quantitative estimate of drug-likeness (QED) is 0.519. The van der Waals surface area contributed by atoms with Gasteiger partial charge in [0.05, 0.1) is 6.26 Å². The van der Waals surface area contributed by atoms with E-state index in [0.717, 1.165) is 5.56 Å². The van der Waals surface area contributed by atoms with E-state index in [2.05, 4.69) is 4.99 Å². The van der Waals surface area contributed by atoms with Crippen molar-refractivity contribution in [3.05, 3.63) is 77.0 Å². The van der Waals surface area contributed by atoms with Crippen LogP contribution in [-0.4, -0.2) is 11.9 Å². The van der Waals surface area contributed by atoms with Gasteiger partial charge in [0.2, 0.25) is 0 Å². The smallest absolute Gasteiger partial charge is 0.364 e. The molecule has 0 atom stereocenters. The molecule has 0 fully saturated rings. The molecule has 3 aromatic rings. The molecule has 2 aromatic heterocycles. The minimum atomic E-state index is -0.550. The Labute approximate surface area is 141 Å². The number of nitrogens with zero attached hydrogens (tertiary/aromatic N) is 1. The number of ether oxygens (including phenoxy) is 1. The normalized spacial score (nSPS) is 15.6. The second-order valence-corrected chi connectivity index (χ2v) is 5.46. The van der Waals surface area contributed by atoms with Crippen LogP contribution in [0.5, 0.6) is 0 Å². The van der Waals surface area contributed by atoms with E-state index >= 15 is 0 Å². The first kappa shape index (κ1) is 14.5. The van der Waals surface area contributed by atoms with Gasteiger partial charge in [-0.25, -0.2) is 9.79 Å². The largest absolute Gasteiger partial charge is 0.459 e. The van der Waals surface area contributed by atoms with Gasteiger partial charge in [0.1, 0.15) is 11.5 Å². The van der Waals surface area contributed by atoms with Gasteiger partial charge in [-0.05, 0) is 48.5 Å². The summed E-state index contributed by atoms with van der Waals surface area (Å²) in [4.78, 5) is 16.0. The van der Waals surface area contributed by atoms with Crippen molar-refractivity contribution < 1.29 is 18.4 Å². The Kier molecular flexibility index (Phi) is 3.55. The van der Waals surface area contributed by atoms with Gasteiger partial charge in [0.25, 0.3) is 5.90 Å². The molecule has 0 aliphatic carbocycles. The molecule has 0 radical (unpaired) electrons. The lowest BCUT2D eigenvalue weighted by Crippen LogP contribution is -2.04. The summed E-state index contributed by atoms with van der Waals surface area (Å²) in [6.07, 6.45) is 3.01. The Morgan fingerprint density at radius 2 is 1.83 bits per heavy atom. The number of aliphatic imine (C=N–C) groups is 1. The number of carbonyl (C=O) groups is 1. The van der Waals surface area contributed by atoms with Gasteiger partial charge in [-0.2, -0.15) is 0 Å². The molecule has 0 spiro atoms. The molecule has 6 heteroatoms. The Morgan fingerprint density at radius 1 is 1.00 bits per heavy atom. The minimum absolute atomic E-state index is 0.140. The molecule has 1 aromatic carbocycles. The molecule has 0 saturated carbocycles. The topological polar surface area (TPSA) is 64.9 Å². The lowest BCUT2D eigenvalue weighted by Gasteiger charge is -1.96. The average Bonchev–Trinajstić information content (AvgIpc) is 3.31. The van der Waals surface area contributed by atoms with Crippen LogP contribution in [0.2, 0.25) is 5.02 Å². The summed E-state index contributed by atoms with van der Waals surface area (Å²) in [6.45, 7) is 0. The summed E-state index contributed by atoms with van der Waals surface area (Å²) >= 11 is 5.88. The lowest BCUT2D eigenvalue weighted by molar-refractivity contribution is -0.130. The molecule has 3 heterocycles. The average molecular weight is 340 g/mol. The molecule has 0 unspecified atom stereocenters. The fourth-order valence-electron chi connectivity index (χ4n) is 2.25. The van der Waals surface area contributed by atoms with Gasteiger partial charge in [0, 0.05) is 16.7 Å². The predicted molar refractivity (Wildman–Crippen MR) is 88.5 cm³/mol. The summed E-state index contributed by atoms with van der Waals surface area (Å²) in [5, 5.41) is 0.654. The molecule has 0 bridgehead atoms. The molecule has 24 heavy (non-hydrogen) atoms. The fourth-order valence-corrected chi connectivity index (χ4v) is 2.38. The highest BCUT2D eigenvalue weighted by Crippen LogP contribution is 2.26. The van der Waals surface area contributed by atoms with Crippen molar-refractivity contribution in [3.8, 4) is 11.3 Å². The zero-order valence-corrected chi connectivity index (χ0v) is 13.0. The number of esters is 1. The maximum Gasteiger partial charge on any atom is 0.364 e. The molecule has 4 rings (SSSR count). The molecule has 0 N–H and O–H groups in total. The van der Waals surface area contributed by atoms with E-state index in [0.29, 0.717) is 22.3 Å². The summed E-state index contributed by atoms with van der Waals surface area (Å²) in [7, 11) is 0. The van der Waals surface area contributed by atoms with Gasteiger partial charge in [-0.15, -0.1) is 0 Å². The van der Waals surface area contributed by atoms with Gasteiger partial charge in [0.15, 0.2) is 11.5 Å². The van der Waals surface area contributed by atoms with Crippen LogP contribution >= 0.6 is 11.6 Å². The van der Waals surface area contributed by atoms with E-state index < -0.39 is 5.97 Å². The highest BCUT2D eigenvalue weighted by atomic mass is 35.5. The summed E-state index contributed by atoms with van der Waals surface area (Å²) in [5.41, 5.74) is 1.04. The molecule has 118 valence electrons. The van der Waals surface area contributed by atoms with Crippen molar-refractivity contribution >= 4 is 29.5 Å². The van der Waals surface area contributed by atoms with Crippen LogP contribution in [0.25, 0.3) is 17.4 Å². The number of carbonyl (C=O) groups excluding carboxylic acids is 1. The third-order valence-electron chi connectivity index (χ3n) is 3.39. The van der Waals surface area contributed by atoms with Crippen LogP contribution in [-0.2, 0) is 9.53 Å².